The summed E-state index contributed by atoms with van der Waals surface area (Å²) in [7, 11) is 0. The van der Waals surface area contributed by atoms with Crippen molar-refractivity contribution < 1.29 is 13.2 Å². The maximum atomic E-state index is 12.6. The number of benzene rings is 1. The second kappa shape index (κ2) is 6.25. The van der Waals surface area contributed by atoms with Gasteiger partial charge >= 0.3 is 6.18 Å². The number of nitrogens with zero attached hydrogens (tertiary/aromatic N) is 5. The smallest absolute Gasteiger partial charge is 0.314 e. The minimum Gasteiger partial charge on any atom is -0.314 e. The highest BCUT2D eigenvalue weighted by Gasteiger charge is 2.30. The van der Waals surface area contributed by atoms with Crippen molar-refractivity contribution in [1.82, 2.24) is 30.4 Å². The van der Waals surface area contributed by atoms with Crippen molar-refractivity contribution in [1.29, 1.82) is 0 Å². The summed E-state index contributed by atoms with van der Waals surface area (Å²) in [4.78, 5) is 2.24. The number of piperazine rings is 1. The monoisotopic (exact) mass is 326 g/mol. The topological polar surface area (TPSA) is 58.9 Å². The Morgan fingerprint density at radius 1 is 1.26 bits per heavy atom. The van der Waals surface area contributed by atoms with Gasteiger partial charge in [-0.25, -0.2) is 0 Å². The molecule has 1 aromatic carbocycles. The van der Waals surface area contributed by atoms with Crippen molar-refractivity contribution in [3.05, 3.63) is 35.7 Å². The van der Waals surface area contributed by atoms with Crippen LogP contribution in [0.25, 0.3) is 5.69 Å². The van der Waals surface area contributed by atoms with Gasteiger partial charge in [0.2, 0.25) is 0 Å². The van der Waals surface area contributed by atoms with Gasteiger partial charge in [0.25, 0.3) is 0 Å². The third-order valence-electron chi connectivity index (χ3n) is 3.96. The molecule has 0 bridgehead atoms. The fourth-order valence-electron chi connectivity index (χ4n) is 2.60. The van der Waals surface area contributed by atoms with Crippen LogP contribution in [0.15, 0.2) is 24.3 Å². The van der Waals surface area contributed by atoms with Gasteiger partial charge in [0.1, 0.15) is 0 Å². The highest BCUT2D eigenvalue weighted by Crippen LogP contribution is 2.29. The SMILES string of the molecule is C[C@@H]1CNCCN1Cc1nnnn1-c1ccc(C(F)(F)F)cc1. The fraction of sp³-hybridized carbons (Fsp3) is 0.500. The van der Waals surface area contributed by atoms with Crippen LogP contribution in [0.1, 0.15) is 18.3 Å². The highest BCUT2D eigenvalue weighted by atomic mass is 19.4. The van der Waals surface area contributed by atoms with Gasteiger partial charge in [-0.1, -0.05) is 0 Å². The maximum Gasteiger partial charge on any atom is 0.416 e. The summed E-state index contributed by atoms with van der Waals surface area (Å²) in [6.45, 7) is 5.32. The first kappa shape index (κ1) is 15.9. The van der Waals surface area contributed by atoms with Crippen LogP contribution in [-0.2, 0) is 12.7 Å². The van der Waals surface area contributed by atoms with Crippen LogP contribution in [0.4, 0.5) is 13.2 Å². The molecule has 1 aliphatic heterocycles. The van der Waals surface area contributed by atoms with E-state index in [9.17, 15) is 13.2 Å². The molecular weight excluding hydrogens is 309 g/mol. The van der Waals surface area contributed by atoms with E-state index in [1.807, 2.05) is 0 Å². The Kier molecular flexibility index (Phi) is 4.31. The van der Waals surface area contributed by atoms with Gasteiger partial charge in [-0.15, -0.1) is 5.10 Å². The Balaban J connectivity index is 1.80. The summed E-state index contributed by atoms with van der Waals surface area (Å²) in [6, 6.07) is 5.18. The van der Waals surface area contributed by atoms with Crippen molar-refractivity contribution in [3.8, 4) is 5.69 Å². The first-order valence-electron chi connectivity index (χ1n) is 7.35. The summed E-state index contributed by atoms with van der Waals surface area (Å²) >= 11 is 0. The Morgan fingerprint density at radius 3 is 2.65 bits per heavy atom. The Bertz CT molecular complexity index is 651. The third-order valence-corrected chi connectivity index (χ3v) is 3.96. The molecule has 0 saturated carbocycles. The van der Waals surface area contributed by atoms with E-state index in [0.717, 1.165) is 31.8 Å². The van der Waals surface area contributed by atoms with Gasteiger partial charge < -0.3 is 5.32 Å². The number of aromatic nitrogens is 4. The van der Waals surface area contributed by atoms with Crippen LogP contribution in [0.2, 0.25) is 0 Å². The molecule has 2 aromatic rings. The van der Waals surface area contributed by atoms with Crippen molar-refractivity contribution in [3.63, 3.8) is 0 Å². The first-order chi connectivity index (χ1) is 10.9. The van der Waals surface area contributed by atoms with E-state index in [0.29, 0.717) is 24.1 Å². The van der Waals surface area contributed by atoms with E-state index in [-0.39, 0.29) is 0 Å². The van der Waals surface area contributed by atoms with E-state index in [1.165, 1.54) is 16.8 Å². The van der Waals surface area contributed by atoms with E-state index < -0.39 is 11.7 Å². The Labute approximate surface area is 131 Å². The number of nitrogens with one attached hydrogen (secondary N) is 1. The minimum atomic E-state index is -4.35. The summed E-state index contributed by atoms with van der Waals surface area (Å²) in [5.74, 6) is 0.610. The molecule has 124 valence electrons. The second-order valence-corrected chi connectivity index (χ2v) is 5.58. The molecule has 0 radical (unpaired) electrons. The molecule has 0 unspecified atom stereocenters. The average Bonchev–Trinajstić information content (AvgIpc) is 2.97. The zero-order valence-corrected chi connectivity index (χ0v) is 12.6. The number of tetrazole rings is 1. The number of alkyl halides is 3. The normalized spacial score (nSPS) is 19.9. The lowest BCUT2D eigenvalue weighted by molar-refractivity contribution is -0.137. The standard InChI is InChI=1S/C14H17F3N6/c1-10-8-18-6-7-22(10)9-13-19-20-21-23(13)12-4-2-11(3-5-12)14(15,16)17/h2-5,10,18H,6-9H2,1H3/t10-/m1/s1. The number of hydrogen-bond donors (Lipinski definition) is 1. The van der Waals surface area contributed by atoms with Gasteiger partial charge in [0.15, 0.2) is 5.82 Å². The van der Waals surface area contributed by atoms with Gasteiger partial charge in [0, 0.05) is 25.7 Å². The molecule has 1 fully saturated rings. The molecule has 6 nitrogen and oxygen atoms in total. The molecule has 1 aliphatic rings. The van der Waals surface area contributed by atoms with E-state index in [4.69, 9.17) is 0 Å². The lowest BCUT2D eigenvalue weighted by Crippen LogP contribution is -2.49. The summed E-state index contributed by atoms with van der Waals surface area (Å²) in [5, 5.41) is 14.9. The third kappa shape index (κ3) is 3.50. The average molecular weight is 326 g/mol. The van der Waals surface area contributed by atoms with Crippen molar-refractivity contribution in [2.75, 3.05) is 19.6 Å². The Hall–Kier alpha value is -2.00. The number of hydrogen-bond acceptors (Lipinski definition) is 5. The summed E-state index contributed by atoms with van der Waals surface area (Å²) in [5.41, 5.74) is -0.174. The van der Waals surface area contributed by atoms with Crippen LogP contribution in [0.5, 0.6) is 0 Å². The van der Waals surface area contributed by atoms with Crippen molar-refractivity contribution >= 4 is 0 Å². The molecule has 1 atom stereocenters. The zero-order chi connectivity index (χ0) is 16.4. The van der Waals surface area contributed by atoms with Crippen LogP contribution in [0.3, 0.4) is 0 Å². The van der Waals surface area contributed by atoms with Gasteiger partial charge in [-0.3, -0.25) is 4.90 Å². The summed E-state index contributed by atoms with van der Waals surface area (Å²) < 4.78 is 39.4. The van der Waals surface area contributed by atoms with Crippen LogP contribution < -0.4 is 5.32 Å². The van der Waals surface area contributed by atoms with Gasteiger partial charge in [-0.2, -0.15) is 17.9 Å². The molecule has 0 aliphatic carbocycles. The lowest BCUT2D eigenvalue weighted by Gasteiger charge is -2.33. The minimum absolute atomic E-state index is 0.349. The molecule has 1 N–H and O–H groups in total. The fourth-order valence-corrected chi connectivity index (χ4v) is 2.60. The number of rotatable bonds is 3. The zero-order valence-electron chi connectivity index (χ0n) is 12.6. The molecule has 1 aromatic heterocycles. The lowest BCUT2D eigenvalue weighted by atomic mass is 10.2. The molecular formula is C14H17F3N6. The molecule has 3 rings (SSSR count). The van der Waals surface area contributed by atoms with Crippen molar-refractivity contribution in [2.24, 2.45) is 0 Å². The second-order valence-electron chi connectivity index (χ2n) is 5.58. The number of halogens is 3. The van der Waals surface area contributed by atoms with Crippen LogP contribution in [-0.4, -0.2) is 50.8 Å². The predicted octanol–water partition coefficient (Wildman–Crippen LogP) is 1.47. The van der Waals surface area contributed by atoms with E-state index >= 15 is 0 Å². The van der Waals surface area contributed by atoms with Gasteiger partial charge in [-0.05, 0) is 41.6 Å². The van der Waals surface area contributed by atoms with Crippen LogP contribution in [0, 0.1) is 0 Å². The maximum absolute atomic E-state index is 12.6. The molecule has 2 heterocycles. The van der Waals surface area contributed by atoms with E-state index in [2.05, 4.69) is 32.7 Å². The van der Waals surface area contributed by atoms with Crippen LogP contribution >= 0.6 is 0 Å². The predicted molar refractivity (Wildman–Crippen MR) is 76.9 cm³/mol. The molecule has 9 heteroatoms. The Morgan fingerprint density at radius 2 is 2.00 bits per heavy atom. The van der Waals surface area contributed by atoms with E-state index in [1.54, 1.807) is 0 Å². The largest absolute Gasteiger partial charge is 0.416 e. The molecule has 1 saturated heterocycles. The first-order valence-corrected chi connectivity index (χ1v) is 7.35. The quantitative estimate of drug-likeness (QED) is 0.926. The van der Waals surface area contributed by atoms with Crippen molar-refractivity contribution in [2.45, 2.75) is 25.7 Å². The van der Waals surface area contributed by atoms with Gasteiger partial charge in [0.05, 0.1) is 17.8 Å². The molecule has 0 amide bonds. The summed E-state index contributed by atoms with van der Waals surface area (Å²) in [6.07, 6.45) is -4.35. The highest BCUT2D eigenvalue weighted by molar-refractivity contribution is 5.35. The molecule has 0 spiro atoms. The molecule has 23 heavy (non-hydrogen) atoms.